The number of aromatic nitrogens is 4. The summed E-state index contributed by atoms with van der Waals surface area (Å²) in [5.41, 5.74) is 0. The highest BCUT2D eigenvalue weighted by Gasteiger charge is 2.14. The number of halogens is 1. The van der Waals surface area contributed by atoms with E-state index in [-0.39, 0.29) is 11.8 Å². The van der Waals surface area contributed by atoms with Gasteiger partial charge in [-0.25, -0.2) is 0 Å². The number of amides is 1. The van der Waals surface area contributed by atoms with E-state index in [2.05, 4.69) is 20.6 Å². The molecule has 0 bridgehead atoms. The summed E-state index contributed by atoms with van der Waals surface area (Å²) in [6.45, 7) is 2.61. The van der Waals surface area contributed by atoms with E-state index in [0.717, 1.165) is 0 Å². The van der Waals surface area contributed by atoms with Crippen LogP contribution in [0.4, 0.5) is 0 Å². The van der Waals surface area contributed by atoms with Crippen molar-refractivity contribution in [2.45, 2.75) is 13.5 Å². The van der Waals surface area contributed by atoms with Gasteiger partial charge in [0.05, 0.1) is 11.2 Å². The minimum absolute atomic E-state index is 0.0555. The molecule has 0 unspecified atom stereocenters. The van der Waals surface area contributed by atoms with Crippen LogP contribution in [-0.2, 0) is 6.54 Å². The summed E-state index contributed by atoms with van der Waals surface area (Å²) in [6, 6.07) is 0. The highest BCUT2D eigenvalue weighted by atomic mass is 35.5. The van der Waals surface area contributed by atoms with Crippen molar-refractivity contribution in [3.8, 4) is 0 Å². The molecule has 0 radical (unpaired) electrons. The van der Waals surface area contributed by atoms with E-state index in [9.17, 15) is 4.79 Å². The highest BCUT2D eigenvalue weighted by molar-refractivity contribution is 6.30. The lowest BCUT2D eigenvalue weighted by Gasteiger charge is -1.94. The Morgan fingerprint density at radius 1 is 1.65 bits per heavy atom. The Morgan fingerprint density at radius 3 is 3.12 bits per heavy atom. The molecule has 0 spiro atoms. The van der Waals surface area contributed by atoms with E-state index in [1.54, 1.807) is 17.8 Å². The van der Waals surface area contributed by atoms with E-state index in [1.807, 2.05) is 0 Å². The molecule has 2 aromatic heterocycles. The second-order valence-corrected chi connectivity index (χ2v) is 3.67. The second kappa shape index (κ2) is 4.96. The predicted molar refractivity (Wildman–Crippen MR) is 58.6 cm³/mol. The third-order valence-corrected chi connectivity index (χ3v) is 2.10. The zero-order valence-electron chi connectivity index (χ0n) is 9.05. The van der Waals surface area contributed by atoms with Crippen molar-refractivity contribution in [2.24, 2.45) is 0 Å². The van der Waals surface area contributed by atoms with Gasteiger partial charge in [-0.1, -0.05) is 16.8 Å². The van der Waals surface area contributed by atoms with Crippen LogP contribution in [0.5, 0.6) is 0 Å². The molecular weight excluding hydrogens is 246 g/mol. The minimum Gasteiger partial charge on any atom is -0.348 e. The zero-order valence-corrected chi connectivity index (χ0v) is 9.81. The smallest absolute Gasteiger partial charge is 0.316 e. The fraction of sp³-hybridized carbons (Fsp3) is 0.333. The summed E-state index contributed by atoms with van der Waals surface area (Å²) in [7, 11) is 0. The molecule has 2 heterocycles. The summed E-state index contributed by atoms with van der Waals surface area (Å²) < 4.78 is 6.36. The van der Waals surface area contributed by atoms with Crippen LogP contribution < -0.4 is 5.32 Å². The van der Waals surface area contributed by atoms with E-state index < -0.39 is 0 Å². The molecule has 0 aliphatic carbocycles. The third-order valence-electron chi connectivity index (χ3n) is 1.90. The van der Waals surface area contributed by atoms with Crippen LogP contribution in [0.1, 0.15) is 23.4 Å². The fourth-order valence-corrected chi connectivity index (χ4v) is 1.37. The van der Waals surface area contributed by atoms with Gasteiger partial charge in [0.25, 0.3) is 0 Å². The molecule has 17 heavy (non-hydrogen) atoms. The van der Waals surface area contributed by atoms with E-state index in [0.29, 0.717) is 23.9 Å². The molecule has 1 amide bonds. The van der Waals surface area contributed by atoms with Crippen molar-refractivity contribution >= 4 is 17.5 Å². The maximum atomic E-state index is 11.4. The standard InChI is InChI=1S/C9H10ClN5O2/c1-2-11-8(16)9-13-7(14-17-9)5-15-4-6(10)3-12-15/h3-4H,2,5H2,1H3,(H,11,16). The molecule has 0 aliphatic rings. The first-order valence-electron chi connectivity index (χ1n) is 4.97. The van der Waals surface area contributed by atoms with Gasteiger partial charge in [0.15, 0.2) is 5.82 Å². The zero-order chi connectivity index (χ0) is 12.3. The molecule has 0 saturated heterocycles. The monoisotopic (exact) mass is 255 g/mol. The van der Waals surface area contributed by atoms with Gasteiger partial charge in [0, 0.05) is 12.7 Å². The molecule has 2 aromatic rings. The number of hydrogen-bond donors (Lipinski definition) is 1. The van der Waals surface area contributed by atoms with Gasteiger partial charge in [-0.3, -0.25) is 9.48 Å². The molecule has 8 heteroatoms. The van der Waals surface area contributed by atoms with Gasteiger partial charge in [0.2, 0.25) is 0 Å². The molecule has 90 valence electrons. The first-order valence-corrected chi connectivity index (χ1v) is 5.35. The summed E-state index contributed by atoms with van der Waals surface area (Å²) in [4.78, 5) is 15.3. The summed E-state index contributed by atoms with van der Waals surface area (Å²) >= 11 is 5.71. The van der Waals surface area contributed by atoms with Crippen LogP contribution >= 0.6 is 11.6 Å². The van der Waals surface area contributed by atoms with Gasteiger partial charge in [-0.2, -0.15) is 10.1 Å². The minimum atomic E-state index is -0.384. The number of nitrogens with zero attached hydrogens (tertiary/aromatic N) is 4. The van der Waals surface area contributed by atoms with E-state index >= 15 is 0 Å². The van der Waals surface area contributed by atoms with Gasteiger partial charge < -0.3 is 9.84 Å². The first kappa shape index (κ1) is 11.6. The molecule has 7 nitrogen and oxygen atoms in total. The maximum absolute atomic E-state index is 11.4. The fourth-order valence-electron chi connectivity index (χ4n) is 1.22. The molecule has 0 aromatic carbocycles. The van der Waals surface area contributed by atoms with Crippen LogP contribution in [0.25, 0.3) is 0 Å². The molecule has 1 N–H and O–H groups in total. The maximum Gasteiger partial charge on any atom is 0.316 e. The number of carbonyl (C=O) groups excluding carboxylic acids is 1. The van der Waals surface area contributed by atoms with Gasteiger partial charge >= 0.3 is 11.8 Å². The third kappa shape index (κ3) is 2.82. The van der Waals surface area contributed by atoms with Gasteiger partial charge in [-0.05, 0) is 6.92 Å². The van der Waals surface area contributed by atoms with Gasteiger partial charge in [0.1, 0.15) is 6.54 Å². The second-order valence-electron chi connectivity index (χ2n) is 3.23. The quantitative estimate of drug-likeness (QED) is 0.870. The Hall–Kier alpha value is -1.89. The summed E-state index contributed by atoms with van der Waals surface area (Å²) in [6.07, 6.45) is 3.13. The van der Waals surface area contributed by atoms with Gasteiger partial charge in [-0.15, -0.1) is 0 Å². The number of carbonyl (C=O) groups is 1. The summed E-state index contributed by atoms with van der Waals surface area (Å²) in [5, 5.41) is 10.7. The SMILES string of the molecule is CCNC(=O)c1nc(Cn2cc(Cl)cn2)no1. The number of hydrogen-bond acceptors (Lipinski definition) is 5. The average Bonchev–Trinajstić information content (AvgIpc) is 2.89. The molecule has 2 rings (SSSR count). The largest absolute Gasteiger partial charge is 0.348 e. The van der Waals surface area contributed by atoms with E-state index in [4.69, 9.17) is 16.1 Å². The van der Waals surface area contributed by atoms with Crippen LogP contribution in [0.2, 0.25) is 5.02 Å². The Morgan fingerprint density at radius 2 is 2.47 bits per heavy atom. The van der Waals surface area contributed by atoms with Crippen LogP contribution in [0.3, 0.4) is 0 Å². The van der Waals surface area contributed by atoms with Crippen molar-refractivity contribution in [2.75, 3.05) is 6.54 Å². The lowest BCUT2D eigenvalue weighted by atomic mass is 10.5. The average molecular weight is 256 g/mol. The normalized spacial score (nSPS) is 10.5. The highest BCUT2D eigenvalue weighted by Crippen LogP contribution is 2.06. The van der Waals surface area contributed by atoms with Crippen molar-refractivity contribution in [1.82, 2.24) is 25.2 Å². The molecular formula is C9H10ClN5O2. The Labute approximate surface area is 102 Å². The first-order chi connectivity index (χ1) is 8.19. The Balaban J connectivity index is 2.06. The Kier molecular flexibility index (Phi) is 3.38. The van der Waals surface area contributed by atoms with Crippen molar-refractivity contribution < 1.29 is 9.32 Å². The lowest BCUT2D eigenvalue weighted by Crippen LogP contribution is -2.23. The Bertz CT molecular complexity index is 521. The number of rotatable bonds is 4. The molecule has 0 fully saturated rings. The lowest BCUT2D eigenvalue weighted by molar-refractivity contribution is 0.0912. The van der Waals surface area contributed by atoms with Crippen LogP contribution in [-0.4, -0.2) is 32.4 Å². The van der Waals surface area contributed by atoms with Crippen molar-refractivity contribution in [3.05, 3.63) is 29.1 Å². The van der Waals surface area contributed by atoms with Crippen LogP contribution in [0.15, 0.2) is 16.9 Å². The molecule has 0 saturated carbocycles. The topological polar surface area (TPSA) is 85.8 Å². The number of nitrogens with one attached hydrogen (secondary N) is 1. The van der Waals surface area contributed by atoms with Crippen molar-refractivity contribution in [1.29, 1.82) is 0 Å². The van der Waals surface area contributed by atoms with E-state index in [1.165, 1.54) is 6.20 Å². The van der Waals surface area contributed by atoms with Crippen LogP contribution in [0, 0.1) is 0 Å². The summed E-state index contributed by atoms with van der Waals surface area (Å²) in [5.74, 6) is -0.0733. The van der Waals surface area contributed by atoms with Crippen molar-refractivity contribution in [3.63, 3.8) is 0 Å². The predicted octanol–water partition coefficient (Wildman–Crippen LogP) is 0.717. The molecule has 0 atom stereocenters. The molecule has 0 aliphatic heterocycles.